The Labute approximate surface area is 212 Å². The topological polar surface area (TPSA) is 98.5 Å². The number of hydrogen-bond acceptors (Lipinski definition) is 8. The van der Waals surface area contributed by atoms with Gasteiger partial charge in [-0.15, -0.1) is 0 Å². The lowest BCUT2D eigenvalue weighted by atomic mass is 9.73. The van der Waals surface area contributed by atoms with Crippen LogP contribution in [0.2, 0.25) is 0 Å². The van der Waals surface area contributed by atoms with Gasteiger partial charge in [0.15, 0.2) is 0 Å². The summed E-state index contributed by atoms with van der Waals surface area (Å²) in [4.78, 5) is 11.3. The van der Waals surface area contributed by atoms with E-state index in [4.69, 9.17) is 28.4 Å². The maximum Gasteiger partial charge on any atom is 0.269 e. The summed E-state index contributed by atoms with van der Waals surface area (Å²) in [7, 11) is 3.28. The molecule has 0 heterocycles. The van der Waals surface area contributed by atoms with Gasteiger partial charge in [0.05, 0.1) is 57.8 Å². The molecule has 0 amide bonds. The molecule has 2 aromatic carbocycles. The zero-order valence-electron chi connectivity index (χ0n) is 21.2. The molecule has 1 aliphatic rings. The van der Waals surface area contributed by atoms with Gasteiger partial charge in [-0.1, -0.05) is 24.3 Å². The van der Waals surface area contributed by atoms with Crippen LogP contribution in [0.25, 0.3) is 11.1 Å². The van der Waals surface area contributed by atoms with Crippen LogP contribution in [0.15, 0.2) is 42.5 Å². The van der Waals surface area contributed by atoms with E-state index >= 15 is 0 Å². The van der Waals surface area contributed by atoms with E-state index in [1.54, 1.807) is 26.4 Å². The number of fused-ring (bicyclic) bond motifs is 3. The summed E-state index contributed by atoms with van der Waals surface area (Å²) in [6, 6.07) is 13.4. The SMILES string of the molecule is COCCOCCOCCC1(CCOCCOCCOC)c2ccccc2-c2ccc([N+](=O)[O-])cc21. The Morgan fingerprint density at radius 3 is 1.72 bits per heavy atom. The Morgan fingerprint density at radius 1 is 0.667 bits per heavy atom. The molecular weight excluding hydrogens is 466 g/mol. The van der Waals surface area contributed by atoms with Gasteiger partial charge in [-0.3, -0.25) is 10.1 Å². The maximum absolute atomic E-state index is 11.6. The smallest absolute Gasteiger partial charge is 0.269 e. The average molecular weight is 504 g/mol. The highest BCUT2D eigenvalue weighted by atomic mass is 16.6. The first-order valence-corrected chi connectivity index (χ1v) is 12.3. The molecule has 0 spiro atoms. The number of benzene rings is 2. The molecule has 0 saturated carbocycles. The van der Waals surface area contributed by atoms with Crippen molar-refractivity contribution in [3.63, 3.8) is 0 Å². The highest BCUT2D eigenvalue weighted by Gasteiger charge is 2.43. The number of nitro groups is 1. The molecule has 9 heteroatoms. The maximum atomic E-state index is 11.6. The molecule has 0 fully saturated rings. The quantitative estimate of drug-likeness (QED) is 0.161. The van der Waals surface area contributed by atoms with Gasteiger partial charge in [0.25, 0.3) is 5.69 Å². The van der Waals surface area contributed by atoms with Crippen molar-refractivity contribution in [3.05, 3.63) is 63.7 Å². The molecule has 0 aromatic heterocycles. The third-order valence-electron chi connectivity index (χ3n) is 6.42. The summed E-state index contributed by atoms with van der Waals surface area (Å²) < 4.78 is 32.8. The van der Waals surface area contributed by atoms with Crippen molar-refractivity contribution in [2.75, 3.05) is 80.3 Å². The number of ether oxygens (including phenoxy) is 6. The van der Waals surface area contributed by atoms with Crippen LogP contribution in [0, 0.1) is 10.1 Å². The van der Waals surface area contributed by atoms with Gasteiger partial charge in [0.2, 0.25) is 0 Å². The van der Waals surface area contributed by atoms with Gasteiger partial charge in [0.1, 0.15) is 0 Å². The molecular formula is C27H37NO8. The number of methoxy groups -OCH3 is 2. The lowest BCUT2D eigenvalue weighted by Crippen LogP contribution is -2.30. The van der Waals surface area contributed by atoms with Crippen LogP contribution in [0.3, 0.4) is 0 Å². The first kappa shape index (κ1) is 28.2. The van der Waals surface area contributed by atoms with Gasteiger partial charge in [0, 0.05) is 45.0 Å². The van der Waals surface area contributed by atoms with Crippen molar-refractivity contribution in [3.8, 4) is 11.1 Å². The van der Waals surface area contributed by atoms with Crippen LogP contribution in [0.4, 0.5) is 5.69 Å². The molecule has 0 bridgehead atoms. The van der Waals surface area contributed by atoms with Crippen molar-refractivity contribution in [1.82, 2.24) is 0 Å². The fraction of sp³-hybridized carbons (Fsp3) is 0.556. The number of nitrogens with zero attached hydrogens (tertiary/aromatic N) is 1. The zero-order valence-corrected chi connectivity index (χ0v) is 21.2. The molecule has 2 aromatic rings. The second-order valence-corrected chi connectivity index (χ2v) is 8.55. The minimum atomic E-state index is -0.453. The number of non-ortho nitro benzene ring substituents is 1. The molecule has 3 rings (SSSR count). The fourth-order valence-corrected chi connectivity index (χ4v) is 4.64. The largest absolute Gasteiger partial charge is 0.382 e. The summed E-state index contributed by atoms with van der Waals surface area (Å²) in [5, 5.41) is 11.6. The molecule has 9 nitrogen and oxygen atoms in total. The first-order chi connectivity index (χ1) is 17.6. The second-order valence-electron chi connectivity index (χ2n) is 8.55. The standard InChI is InChI=1S/C27H37NO8/c1-31-13-15-35-19-17-33-11-9-27(10-12-34-18-20-36-16-14-32-2)25-6-4-3-5-23(25)24-8-7-22(28(29)30)21-26(24)27/h3-8,21H,9-20H2,1-2H3. The molecule has 0 radical (unpaired) electrons. The summed E-state index contributed by atoms with van der Waals surface area (Å²) in [6.07, 6.45) is 1.34. The normalized spacial score (nSPS) is 13.5. The van der Waals surface area contributed by atoms with E-state index in [2.05, 4.69) is 12.1 Å². The summed E-state index contributed by atoms with van der Waals surface area (Å²) in [6.45, 7) is 5.05. The number of hydrogen-bond donors (Lipinski definition) is 0. The van der Waals surface area contributed by atoms with Crippen LogP contribution in [0.1, 0.15) is 24.0 Å². The van der Waals surface area contributed by atoms with E-state index < -0.39 is 5.41 Å². The Kier molecular flexibility index (Phi) is 11.7. The predicted octanol–water partition coefficient (Wildman–Crippen LogP) is 4.00. The monoisotopic (exact) mass is 503 g/mol. The highest BCUT2D eigenvalue weighted by Crippen LogP contribution is 2.53. The second kappa shape index (κ2) is 15.0. The molecule has 0 atom stereocenters. The van der Waals surface area contributed by atoms with Crippen molar-refractivity contribution < 1.29 is 33.3 Å². The van der Waals surface area contributed by atoms with E-state index in [0.717, 1.165) is 22.3 Å². The van der Waals surface area contributed by atoms with Crippen molar-refractivity contribution in [2.45, 2.75) is 18.3 Å². The van der Waals surface area contributed by atoms with Crippen LogP contribution in [0.5, 0.6) is 0 Å². The van der Waals surface area contributed by atoms with Gasteiger partial charge < -0.3 is 28.4 Å². The molecule has 1 aliphatic carbocycles. The van der Waals surface area contributed by atoms with Crippen LogP contribution in [-0.2, 0) is 33.8 Å². The zero-order chi connectivity index (χ0) is 25.6. The molecule has 0 N–H and O–H groups in total. The van der Waals surface area contributed by atoms with E-state index in [9.17, 15) is 10.1 Å². The van der Waals surface area contributed by atoms with Crippen molar-refractivity contribution in [2.24, 2.45) is 0 Å². The molecule has 198 valence electrons. The van der Waals surface area contributed by atoms with Gasteiger partial charge in [-0.25, -0.2) is 0 Å². The first-order valence-electron chi connectivity index (χ1n) is 12.3. The third-order valence-corrected chi connectivity index (χ3v) is 6.42. The Balaban J connectivity index is 1.73. The molecule has 0 unspecified atom stereocenters. The van der Waals surface area contributed by atoms with Crippen LogP contribution in [-0.4, -0.2) is 85.2 Å². The van der Waals surface area contributed by atoms with Crippen LogP contribution < -0.4 is 0 Å². The lowest BCUT2D eigenvalue weighted by molar-refractivity contribution is -0.384. The fourth-order valence-electron chi connectivity index (χ4n) is 4.64. The third kappa shape index (κ3) is 7.32. The Morgan fingerprint density at radius 2 is 1.17 bits per heavy atom. The lowest BCUT2D eigenvalue weighted by Gasteiger charge is -2.32. The number of rotatable bonds is 19. The minimum Gasteiger partial charge on any atom is -0.382 e. The van der Waals surface area contributed by atoms with Gasteiger partial charge >= 0.3 is 0 Å². The summed E-state index contributed by atoms with van der Waals surface area (Å²) >= 11 is 0. The van der Waals surface area contributed by atoms with Gasteiger partial charge in [-0.05, 0) is 41.2 Å². The van der Waals surface area contributed by atoms with Gasteiger partial charge in [-0.2, -0.15) is 0 Å². The Bertz CT molecular complexity index is 931. The molecule has 36 heavy (non-hydrogen) atoms. The van der Waals surface area contributed by atoms with Crippen LogP contribution >= 0.6 is 0 Å². The molecule has 0 saturated heterocycles. The van der Waals surface area contributed by atoms with E-state index in [-0.39, 0.29) is 10.6 Å². The average Bonchev–Trinajstić information content (AvgIpc) is 3.16. The van der Waals surface area contributed by atoms with E-state index in [0.29, 0.717) is 78.9 Å². The highest BCUT2D eigenvalue weighted by molar-refractivity contribution is 5.82. The van der Waals surface area contributed by atoms with E-state index in [1.807, 2.05) is 18.2 Å². The number of nitro benzene ring substituents is 1. The summed E-state index contributed by atoms with van der Waals surface area (Å²) in [5.74, 6) is 0. The van der Waals surface area contributed by atoms with Crippen molar-refractivity contribution in [1.29, 1.82) is 0 Å². The molecule has 0 aliphatic heterocycles. The Hall–Kier alpha value is -2.40. The predicted molar refractivity (Wildman–Crippen MR) is 136 cm³/mol. The minimum absolute atomic E-state index is 0.0888. The van der Waals surface area contributed by atoms with E-state index in [1.165, 1.54) is 0 Å². The summed E-state index contributed by atoms with van der Waals surface area (Å²) in [5.41, 5.74) is 3.88. The van der Waals surface area contributed by atoms with Crippen molar-refractivity contribution >= 4 is 5.69 Å².